The van der Waals surface area contributed by atoms with E-state index in [-0.39, 0.29) is 0 Å². The first kappa shape index (κ1) is 13.2. The highest BCUT2D eigenvalue weighted by Crippen LogP contribution is 1.70. The number of carboxylic acid groups (broad SMARTS) is 2. The number of thiocarbonyl (C=S) groups is 1. The van der Waals surface area contributed by atoms with Crippen molar-refractivity contribution < 1.29 is 19.8 Å². The minimum absolute atomic E-state index is 0.500. The van der Waals surface area contributed by atoms with Crippen LogP contribution in [0.3, 0.4) is 0 Å². The van der Waals surface area contributed by atoms with E-state index in [1.807, 2.05) is 0 Å². The van der Waals surface area contributed by atoms with Gasteiger partial charge < -0.3 is 15.9 Å². The number of aliphatic carboxylic acids is 2. The summed E-state index contributed by atoms with van der Waals surface area (Å²) in [4.78, 5) is 19.6. The number of hydrogen-bond acceptors (Lipinski definition) is 3. The van der Waals surface area contributed by atoms with Crippen molar-refractivity contribution in [2.24, 2.45) is 5.73 Å². The molecule has 0 aromatic rings. The standard InChI is InChI=1S/C4H4O4.C2H5NS/c5-3(6)1-2-4(7)8;1-2(3)4/h1-2H,(H,5,6)(H,7,8);1H3,(H2,3,4)/b2-1+;. The fourth-order valence-corrected chi connectivity index (χ4v) is 0.143. The molecule has 0 unspecified atom stereocenters. The minimum Gasteiger partial charge on any atom is -0.478 e. The van der Waals surface area contributed by atoms with Crippen molar-refractivity contribution in [3.63, 3.8) is 0 Å². The van der Waals surface area contributed by atoms with E-state index in [2.05, 4.69) is 12.2 Å². The first-order valence-corrected chi connectivity index (χ1v) is 3.17. The maximum absolute atomic E-state index is 9.55. The van der Waals surface area contributed by atoms with Gasteiger partial charge in [-0.3, -0.25) is 0 Å². The van der Waals surface area contributed by atoms with Crippen LogP contribution >= 0.6 is 12.2 Å². The third-order valence-electron chi connectivity index (χ3n) is 0.368. The molecule has 0 saturated heterocycles. The molecule has 0 spiro atoms. The van der Waals surface area contributed by atoms with Gasteiger partial charge in [-0.2, -0.15) is 0 Å². The number of hydrogen-bond donors (Lipinski definition) is 3. The van der Waals surface area contributed by atoms with E-state index in [1.165, 1.54) is 0 Å². The molecule has 6 heteroatoms. The number of carbonyl (C=O) groups is 2. The van der Waals surface area contributed by atoms with Crippen LogP contribution in [0.25, 0.3) is 0 Å². The van der Waals surface area contributed by atoms with Crippen LogP contribution in [0.4, 0.5) is 0 Å². The summed E-state index contributed by atoms with van der Waals surface area (Å²) in [6.07, 6.45) is 1.12. The van der Waals surface area contributed by atoms with E-state index in [0.29, 0.717) is 17.1 Å². The van der Waals surface area contributed by atoms with E-state index >= 15 is 0 Å². The van der Waals surface area contributed by atoms with Gasteiger partial charge in [-0.1, -0.05) is 12.2 Å². The minimum atomic E-state index is -1.26. The van der Waals surface area contributed by atoms with Crippen LogP contribution in [0, 0.1) is 0 Å². The molecule has 0 aromatic heterocycles. The Labute approximate surface area is 74.5 Å². The molecular formula is C6H9NO4S. The van der Waals surface area contributed by atoms with Gasteiger partial charge in [0, 0.05) is 12.2 Å². The van der Waals surface area contributed by atoms with Gasteiger partial charge in [0.05, 0.1) is 4.99 Å². The number of carboxylic acids is 2. The van der Waals surface area contributed by atoms with E-state index in [9.17, 15) is 9.59 Å². The Morgan fingerprint density at radius 2 is 1.42 bits per heavy atom. The molecule has 0 bridgehead atoms. The monoisotopic (exact) mass is 191 g/mol. The topological polar surface area (TPSA) is 101 Å². The second-order valence-electron chi connectivity index (χ2n) is 1.62. The predicted octanol–water partition coefficient (Wildman–Crippen LogP) is 0.00420. The zero-order valence-electron chi connectivity index (χ0n) is 6.35. The van der Waals surface area contributed by atoms with Gasteiger partial charge in [-0.15, -0.1) is 0 Å². The van der Waals surface area contributed by atoms with Gasteiger partial charge in [0.1, 0.15) is 0 Å². The fraction of sp³-hybridized carbons (Fsp3) is 0.167. The van der Waals surface area contributed by atoms with E-state index < -0.39 is 11.9 Å². The van der Waals surface area contributed by atoms with Crippen LogP contribution in [-0.4, -0.2) is 27.1 Å². The van der Waals surface area contributed by atoms with Crippen molar-refractivity contribution in [2.45, 2.75) is 6.92 Å². The summed E-state index contributed by atoms with van der Waals surface area (Å²) in [5.41, 5.74) is 4.84. The highest BCUT2D eigenvalue weighted by molar-refractivity contribution is 7.80. The van der Waals surface area contributed by atoms with Crippen LogP contribution in [0.1, 0.15) is 6.92 Å². The summed E-state index contributed by atoms with van der Waals surface area (Å²) in [6.45, 7) is 1.68. The lowest BCUT2D eigenvalue weighted by atomic mass is 10.5. The average Bonchev–Trinajstić information content (AvgIpc) is 1.82. The zero-order valence-corrected chi connectivity index (χ0v) is 7.17. The van der Waals surface area contributed by atoms with Gasteiger partial charge in [0.25, 0.3) is 0 Å². The van der Waals surface area contributed by atoms with Crippen LogP contribution in [-0.2, 0) is 9.59 Å². The third-order valence-corrected chi connectivity index (χ3v) is 0.368. The van der Waals surface area contributed by atoms with Crippen molar-refractivity contribution in [1.82, 2.24) is 0 Å². The fourth-order valence-electron chi connectivity index (χ4n) is 0.143. The van der Waals surface area contributed by atoms with Crippen molar-refractivity contribution in [1.29, 1.82) is 0 Å². The lowest BCUT2D eigenvalue weighted by Crippen LogP contribution is -1.98. The quantitative estimate of drug-likeness (QED) is 0.419. The average molecular weight is 191 g/mol. The molecule has 4 N–H and O–H groups in total. The third kappa shape index (κ3) is 38.5. The molecule has 0 saturated carbocycles. The Morgan fingerprint density at radius 3 is 1.50 bits per heavy atom. The van der Waals surface area contributed by atoms with E-state index in [0.717, 1.165) is 0 Å². The summed E-state index contributed by atoms with van der Waals surface area (Å²) in [6, 6.07) is 0. The SMILES string of the molecule is CC(N)=S.O=C(O)/C=C/C(=O)O. The van der Waals surface area contributed by atoms with Crippen LogP contribution in [0.15, 0.2) is 12.2 Å². The molecule has 5 nitrogen and oxygen atoms in total. The zero-order chi connectivity index (χ0) is 10.1. The first-order valence-electron chi connectivity index (χ1n) is 2.76. The van der Waals surface area contributed by atoms with Crippen molar-refractivity contribution >= 4 is 29.1 Å². The molecule has 68 valence electrons. The van der Waals surface area contributed by atoms with Crippen molar-refractivity contribution in [3.05, 3.63) is 12.2 Å². The molecular weight excluding hydrogens is 182 g/mol. The Morgan fingerprint density at radius 1 is 1.25 bits per heavy atom. The van der Waals surface area contributed by atoms with Crippen LogP contribution < -0.4 is 5.73 Å². The summed E-state index contributed by atoms with van der Waals surface area (Å²) in [5.74, 6) is -2.51. The summed E-state index contributed by atoms with van der Waals surface area (Å²) >= 11 is 4.31. The lowest BCUT2D eigenvalue weighted by molar-refractivity contribution is -0.134. The molecule has 0 aromatic carbocycles. The second-order valence-corrected chi connectivity index (χ2v) is 2.26. The van der Waals surface area contributed by atoms with E-state index in [4.69, 9.17) is 15.9 Å². The molecule has 0 radical (unpaired) electrons. The molecule has 0 aliphatic heterocycles. The molecule has 0 heterocycles. The molecule has 0 rings (SSSR count). The maximum atomic E-state index is 9.55. The van der Waals surface area contributed by atoms with Crippen molar-refractivity contribution in [3.8, 4) is 0 Å². The number of rotatable bonds is 2. The van der Waals surface area contributed by atoms with Crippen molar-refractivity contribution in [2.75, 3.05) is 0 Å². The van der Waals surface area contributed by atoms with Gasteiger partial charge in [-0.25, -0.2) is 9.59 Å². The highest BCUT2D eigenvalue weighted by Gasteiger charge is 1.88. The molecule has 0 amide bonds. The molecule has 0 atom stereocenters. The Kier molecular flexibility index (Phi) is 8.43. The van der Waals surface area contributed by atoms with Gasteiger partial charge in [0.2, 0.25) is 0 Å². The molecule has 12 heavy (non-hydrogen) atoms. The molecule has 0 aliphatic rings. The summed E-state index contributed by atoms with van der Waals surface area (Å²) < 4.78 is 0. The van der Waals surface area contributed by atoms with Gasteiger partial charge in [-0.05, 0) is 6.92 Å². The second kappa shape index (κ2) is 7.67. The van der Waals surface area contributed by atoms with E-state index in [1.54, 1.807) is 6.92 Å². The number of nitrogens with two attached hydrogens (primary N) is 1. The first-order chi connectivity index (χ1) is 5.36. The Bertz CT molecular complexity index is 192. The summed E-state index contributed by atoms with van der Waals surface area (Å²) in [7, 11) is 0. The largest absolute Gasteiger partial charge is 0.478 e. The Hall–Kier alpha value is -1.43. The predicted molar refractivity (Wildman–Crippen MR) is 46.9 cm³/mol. The van der Waals surface area contributed by atoms with Gasteiger partial charge >= 0.3 is 11.9 Å². The van der Waals surface area contributed by atoms with Crippen LogP contribution in [0.5, 0.6) is 0 Å². The highest BCUT2D eigenvalue weighted by atomic mass is 32.1. The van der Waals surface area contributed by atoms with Gasteiger partial charge in [0.15, 0.2) is 0 Å². The molecule has 0 aliphatic carbocycles. The molecule has 0 fully saturated rings. The normalized spacial score (nSPS) is 8.42. The maximum Gasteiger partial charge on any atom is 0.328 e. The smallest absolute Gasteiger partial charge is 0.328 e. The summed E-state index contributed by atoms with van der Waals surface area (Å²) in [5, 5.41) is 15.6. The Balaban J connectivity index is 0. The van der Waals surface area contributed by atoms with Crippen LogP contribution in [0.2, 0.25) is 0 Å². The lowest BCUT2D eigenvalue weighted by Gasteiger charge is -1.74.